The minimum absolute atomic E-state index is 0.341. The van der Waals surface area contributed by atoms with E-state index in [0.717, 1.165) is 38.9 Å². The molecule has 3 nitrogen and oxygen atoms in total. The minimum Gasteiger partial charge on any atom is -0.381 e. The third-order valence-corrected chi connectivity index (χ3v) is 3.56. The van der Waals surface area contributed by atoms with Crippen LogP contribution in [0.25, 0.3) is 0 Å². The maximum absolute atomic E-state index is 9.25. The van der Waals surface area contributed by atoms with E-state index in [-0.39, 0.29) is 5.54 Å². The molecule has 1 unspecified atom stereocenters. The highest BCUT2D eigenvalue weighted by Gasteiger charge is 2.31. The maximum atomic E-state index is 9.25. The monoisotopic (exact) mass is 266 g/mol. The lowest BCUT2D eigenvalue weighted by Gasteiger charge is -2.23. The Labute approximate surface area is 118 Å². The molecule has 0 bridgehead atoms. The van der Waals surface area contributed by atoms with Crippen molar-refractivity contribution in [1.29, 1.82) is 5.26 Å². The van der Waals surface area contributed by atoms with Crippen LogP contribution >= 0.6 is 0 Å². The van der Waals surface area contributed by atoms with Crippen molar-refractivity contribution in [3.05, 3.63) is 0 Å². The fourth-order valence-electron chi connectivity index (χ4n) is 2.00. The largest absolute Gasteiger partial charge is 0.381 e. The van der Waals surface area contributed by atoms with Crippen molar-refractivity contribution in [2.24, 2.45) is 5.41 Å². The van der Waals surface area contributed by atoms with Gasteiger partial charge in [0.25, 0.3) is 0 Å². The molecule has 0 aromatic heterocycles. The second kappa shape index (κ2) is 7.26. The third kappa shape index (κ3) is 8.23. The first kappa shape index (κ1) is 16.5. The number of nitrogens with zero attached hydrogens (tertiary/aromatic N) is 1. The average Bonchev–Trinajstić information content (AvgIpc) is 3.10. The van der Waals surface area contributed by atoms with E-state index in [1.807, 2.05) is 6.92 Å². The number of ether oxygens (including phenoxy) is 1. The van der Waals surface area contributed by atoms with Crippen molar-refractivity contribution in [1.82, 2.24) is 5.32 Å². The molecule has 1 atom stereocenters. The van der Waals surface area contributed by atoms with Gasteiger partial charge < -0.3 is 4.74 Å². The summed E-state index contributed by atoms with van der Waals surface area (Å²) in [7, 11) is 0. The first-order valence-electron chi connectivity index (χ1n) is 7.61. The van der Waals surface area contributed by atoms with Crippen LogP contribution in [0.4, 0.5) is 0 Å². The summed E-state index contributed by atoms with van der Waals surface area (Å²) in [5.74, 6) is 0. The maximum Gasteiger partial charge on any atom is 0.104 e. The molecule has 0 heterocycles. The zero-order valence-corrected chi connectivity index (χ0v) is 13.1. The van der Waals surface area contributed by atoms with Crippen molar-refractivity contribution >= 4 is 0 Å². The van der Waals surface area contributed by atoms with Crippen LogP contribution in [-0.4, -0.2) is 24.8 Å². The van der Waals surface area contributed by atoms with Crippen LogP contribution in [0.3, 0.4) is 0 Å². The van der Waals surface area contributed by atoms with Gasteiger partial charge in [0.15, 0.2) is 0 Å². The first-order chi connectivity index (χ1) is 8.85. The van der Waals surface area contributed by atoms with Gasteiger partial charge in [0.05, 0.1) is 6.07 Å². The first-order valence-corrected chi connectivity index (χ1v) is 7.61. The fraction of sp³-hybridized carbons (Fsp3) is 0.938. The van der Waals surface area contributed by atoms with E-state index in [2.05, 4.69) is 32.2 Å². The van der Waals surface area contributed by atoms with Crippen LogP contribution < -0.4 is 5.32 Å². The molecule has 1 saturated carbocycles. The van der Waals surface area contributed by atoms with Crippen LogP contribution in [0.1, 0.15) is 66.2 Å². The van der Waals surface area contributed by atoms with Gasteiger partial charge in [-0.25, -0.2) is 0 Å². The zero-order valence-electron chi connectivity index (χ0n) is 13.1. The van der Waals surface area contributed by atoms with E-state index in [4.69, 9.17) is 4.74 Å². The highest BCUT2D eigenvalue weighted by molar-refractivity contribution is 5.06. The highest BCUT2D eigenvalue weighted by atomic mass is 16.5. The topological polar surface area (TPSA) is 45.0 Å². The molecule has 3 heteroatoms. The van der Waals surface area contributed by atoms with Crippen LogP contribution in [-0.2, 0) is 4.74 Å². The lowest BCUT2D eigenvalue weighted by atomic mass is 9.93. The molecule has 1 aliphatic carbocycles. The van der Waals surface area contributed by atoms with Gasteiger partial charge in [-0.1, -0.05) is 20.8 Å². The Hall–Kier alpha value is -0.590. The van der Waals surface area contributed by atoms with Gasteiger partial charge in [0.1, 0.15) is 5.54 Å². The summed E-state index contributed by atoms with van der Waals surface area (Å²) < 4.78 is 5.65. The molecule has 0 saturated heterocycles. The molecule has 0 aromatic rings. The summed E-state index contributed by atoms with van der Waals surface area (Å²) in [6.45, 7) is 10.4. The standard InChI is InChI=1S/C16H30N2O/c1-15(2,3)10-12-19-11-6-5-9-16(4,13-17)18-14-7-8-14/h14,18H,5-12H2,1-4H3. The summed E-state index contributed by atoms with van der Waals surface area (Å²) in [4.78, 5) is 0. The Bertz CT molecular complexity index is 299. The third-order valence-electron chi connectivity index (χ3n) is 3.56. The van der Waals surface area contributed by atoms with Crippen LogP contribution in [0, 0.1) is 16.7 Å². The molecule has 0 aliphatic heterocycles. The summed E-state index contributed by atoms with van der Waals surface area (Å²) >= 11 is 0. The highest BCUT2D eigenvalue weighted by Crippen LogP contribution is 2.24. The Morgan fingerprint density at radius 2 is 1.79 bits per heavy atom. The number of rotatable bonds is 9. The SMILES string of the molecule is CC(C)(C)CCOCCCCC(C)(C#N)NC1CC1. The predicted molar refractivity (Wildman–Crippen MR) is 78.9 cm³/mol. The summed E-state index contributed by atoms with van der Waals surface area (Å²) in [5.41, 5.74) is 0.0140. The van der Waals surface area contributed by atoms with Crippen molar-refractivity contribution in [3.8, 4) is 6.07 Å². The van der Waals surface area contributed by atoms with Crippen molar-refractivity contribution in [3.63, 3.8) is 0 Å². The van der Waals surface area contributed by atoms with E-state index in [1.165, 1.54) is 12.8 Å². The molecule has 1 fully saturated rings. The van der Waals surface area contributed by atoms with Crippen LogP contribution in [0.15, 0.2) is 0 Å². The second-order valence-electron chi connectivity index (χ2n) is 7.24. The molecule has 1 N–H and O–H groups in total. The normalized spacial score (nSPS) is 18.9. The summed E-state index contributed by atoms with van der Waals surface area (Å²) in [5, 5.41) is 12.7. The molecular formula is C16H30N2O. The zero-order chi connectivity index (χ0) is 14.4. The van der Waals surface area contributed by atoms with Gasteiger partial charge in [-0.05, 0) is 50.9 Å². The van der Waals surface area contributed by atoms with Crippen molar-refractivity contribution in [2.45, 2.75) is 77.8 Å². The van der Waals surface area contributed by atoms with E-state index in [0.29, 0.717) is 11.5 Å². The van der Waals surface area contributed by atoms with Gasteiger partial charge in [0, 0.05) is 19.3 Å². The number of hydrogen-bond acceptors (Lipinski definition) is 3. The molecule has 0 amide bonds. The van der Waals surface area contributed by atoms with Gasteiger partial charge in [-0.15, -0.1) is 0 Å². The second-order valence-corrected chi connectivity index (χ2v) is 7.24. The fourth-order valence-corrected chi connectivity index (χ4v) is 2.00. The molecule has 0 radical (unpaired) electrons. The number of nitriles is 1. The smallest absolute Gasteiger partial charge is 0.104 e. The van der Waals surface area contributed by atoms with Gasteiger partial charge in [0.2, 0.25) is 0 Å². The van der Waals surface area contributed by atoms with E-state index < -0.39 is 0 Å². The van der Waals surface area contributed by atoms with E-state index in [9.17, 15) is 5.26 Å². The minimum atomic E-state index is -0.341. The lowest BCUT2D eigenvalue weighted by molar-refractivity contribution is 0.104. The quantitative estimate of drug-likeness (QED) is 0.648. The summed E-state index contributed by atoms with van der Waals surface area (Å²) in [6.07, 6.45) is 6.59. The van der Waals surface area contributed by atoms with Gasteiger partial charge >= 0.3 is 0 Å². The Balaban J connectivity index is 2.01. The average molecular weight is 266 g/mol. The molecular weight excluding hydrogens is 236 g/mol. The van der Waals surface area contributed by atoms with Crippen molar-refractivity contribution in [2.75, 3.05) is 13.2 Å². The molecule has 19 heavy (non-hydrogen) atoms. The molecule has 110 valence electrons. The predicted octanol–water partition coefficient (Wildman–Crippen LogP) is 3.64. The van der Waals surface area contributed by atoms with Crippen LogP contribution in [0.5, 0.6) is 0 Å². The number of hydrogen-bond donors (Lipinski definition) is 1. The Morgan fingerprint density at radius 3 is 2.32 bits per heavy atom. The van der Waals surface area contributed by atoms with Gasteiger partial charge in [-0.2, -0.15) is 5.26 Å². The Kier molecular flexibility index (Phi) is 6.29. The molecule has 0 spiro atoms. The Morgan fingerprint density at radius 1 is 1.11 bits per heavy atom. The lowest BCUT2D eigenvalue weighted by Crippen LogP contribution is -2.42. The van der Waals surface area contributed by atoms with Crippen LogP contribution in [0.2, 0.25) is 0 Å². The number of unbranched alkanes of at least 4 members (excludes halogenated alkanes) is 1. The van der Waals surface area contributed by atoms with E-state index in [1.54, 1.807) is 0 Å². The molecule has 0 aromatic carbocycles. The van der Waals surface area contributed by atoms with Crippen molar-refractivity contribution < 1.29 is 4.74 Å². The molecule has 1 aliphatic rings. The van der Waals surface area contributed by atoms with Gasteiger partial charge in [-0.3, -0.25) is 5.32 Å². The number of nitrogens with one attached hydrogen (secondary N) is 1. The molecule has 1 rings (SSSR count). The summed E-state index contributed by atoms with van der Waals surface area (Å²) in [6, 6.07) is 3.01. The van der Waals surface area contributed by atoms with E-state index >= 15 is 0 Å².